The molecule has 0 aromatic heterocycles. The summed E-state index contributed by atoms with van der Waals surface area (Å²) in [6, 6.07) is 0. The molecule has 3 nitrogen and oxygen atoms in total. The van der Waals surface area contributed by atoms with Crippen molar-refractivity contribution in [2.75, 3.05) is 0 Å². The van der Waals surface area contributed by atoms with Gasteiger partial charge in [-0.3, -0.25) is 0 Å². The molecule has 0 spiro atoms. The van der Waals surface area contributed by atoms with E-state index in [0.717, 1.165) is 0 Å². The second-order valence-electron chi connectivity index (χ2n) is 0. The van der Waals surface area contributed by atoms with Gasteiger partial charge in [0.15, 0.2) is 0 Å². The topological polar surface area (TPSA) is 87.0 Å². The Bertz CT molecular complexity index is 6.85. The molecule has 0 aliphatic heterocycles. The summed E-state index contributed by atoms with van der Waals surface area (Å²) < 4.78 is 0. The standard InChI is InChI=1S/Li.H2O.2O.Ti/h;1H2;;;/q+1;;2*-2;+4/p-1. The average Bonchev–Trinajstić information content (AvgIpc) is 0. The van der Waals surface area contributed by atoms with Crippen molar-refractivity contribution in [3.8, 4) is 0 Å². The van der Waals surface area contributed by atoms with Crippen LogP contribution in [0.1, 0.15) is 0 Å². The van der Waals surface area contributed by atoms with Gasteiger partial charge in [0.25, 0.3) is 0 Å². The molecule has 5 heteroatoms. The molecular formula is HLiO3Ti. The summed E-state index contributed by atoms with van der Waals surface area (Å²) in [7, 11) is 0. The molecule has 0 amide bonds. The maximum absolute atomic E-state index is 0. The second kappa shape index (κ2) is 64.2. The fourth-order valence-electron chi connectivity index (χ4n) is 0. The van der Waals surface area contributed by atoms with Crippen LogP contribution in [0.25, 0.3) is 0 Å². The summed E-state index contributed by atoms with van der Waals surface area (Å²) in [4.78, 5) is 0. The van der Waals surface area contributed by atoms with Crippen LogP contribution >= 0.6 is 0 Å². The zero-order valence-corrected chi connectivity index (χ0v) is 4.33. The fraction of sp³-hybridized carbons (Fsp3) is 0. The molecule has 0 saturated carbocycles. The van der Waals surface area contributed by atoms with Crippen LogP contribution in [0, 0.1) is 0 Å². The van der Waals surface area contributed by atoms with E-state index in [0.29, 0.717) is 0 Å². The molecule has 1 N–H and O–H groups in total. The van der Waals surface area contributed by atoms with Crippen LogP contribution in [0.15, 0.2) is 0 Å². The summed E-state index contributed by atoms with van der Waals surface area (Å²) in [6.07, 6.45) is 0. The molecule has 0 aromatic rings. The van der Waals surface area contributed by atoms with Gasteiger partial charge >= 0.3 is 40.6 Å². The zero-order valence-electron chi connectivity index (χ0n) is 2.76. The third-order valence-corrected chi connectivity index (χ3v) is 0. The van der Waals surface area contributed by atoms with Crippen molar-refractivity contribution in [2.24, 2.45) is 0 Å². The normalized spacial score (nSPS) is 0. The Balaban J connectivity index is 0. The summed E-state index contributed by atoms with van der Waals surface area (Å²) >= 11 is 0. The van der Waals surface area contributed by atoms with Crippen LogP contribution in [-0.2, 0) is 32.7 Å². The molecule has 0 saturated heterocycles. The minimum Gasteiger partial charge on any atom is -2.00 e. The van der Waals surface area contributed by atoms with Crippen molar-refractivity contribution >= 4 is 0 Å². The molecule has 0 rings (SSSR count). The molecule has 0 unspecified atom stereocenters. The van der Waals surface area contributed by atoms with Crippen molar-refractivity contribution < 1.29 is 57.0 Å². The molecule has 0 fully saturated rings. The smallest absolute Gasteiger partial charge is 2.00 e. The van der Waals surface area contributed by atoms with Gasteiger partial charge in [0.05, 0.1) is 0 Å². The second-order valence-corrected chi connectivity index (χ2v) is 0. The number of hydrogen-bond acceptors (Lipinski definition) is 1. The Labute approximate surface area is 57.1 Å². The predicted molar refractivity (Wildman–Crippen MR) is 3.31 cm³/mol. The van der Waals surface area contributed by atoms with Gasteiger partial charge in [-0.2, -0.15) is 0 Å². The maximum atomic E-state index is 0. The molecule has 0 atom stereocenters. The Morgan fingerprint density at radius 2 is 0.800 bits per heavy atom. The van der Waals surface area contributed by atoms with Gasteiger partial charge in [-0.25, -0.2) is 0 Å². The van der Waals surface area contributed by atoms with E-state index in [4.69, 9.17) is 0 Å². The van der Waals surface area contributed by atoms with Crippen LogP contribution in [0.4, 0.5) is 0 Å². The monoisotopic (exact) mass is 104 g/mol. The van der Waals surface area contributed by atoms with E-state index < -0.39 is 0 Å². The van der Waals surface area contributed by atoms with Gasteiger partial charge in [-0.15, -0.1) is 0 Å². The van der Waals surface area contributed by atoms with Crippen molar-refractivity contribution in [3.63, 3.8) is 0 Å². The number of hydrogen-bond donors (Lipinski definition) is 0. The summed E-state index contributed by atoms with van der Waals surface area (Å²) in [6.45, 7) is 0. The van der Waals surface area contributed by atoms with Gasteiger partial charge in [-0.1, -0.05) is 0 Å². The van der Waals surface area contributed by atoms with Crippen molar-refractivity contribution in [2.45, 2.75) is 0 Å². The average molecular weight is 104 g/mol. The Morgan fingerprint density at radius 1 is 0.800 bits per heavy atom. The van der Waals surface area contributed by atoms with Gasteiger partial charge in [0, 0.05) is 0 Å². The van der Waals surface area contributed by atoms with Crippen LogP contribution in [0.3, 0.4) is 0 Å². The Morgan fingerprint density at radius 3 is 0.800 bits per heavy atom. The van der Waals surface area contributed by atoms with E-state index in [9.17, 15) is 0 Å². The third kappa shape index (κ3) is 37.2. The van der Waals surface area contributed by atoms with E-state index >= 15 is 0 Å². The Hall–Kier alpha value is 1.19. The van der Waals surface area contributed by atoms with Crippen LogP contribution in [0.2, 0.25) is 0 Å². The fourth-order valence-corrected chi connectivity index (χ4v) is 0. The minimum absolute atomic E-state index is 0. The molecular weight excluding hydrogens is 103 g/mol. The van der Waals surface area contributed by atoms with E-state index in [1.54, 1.807) is 0 Å². The van der Waals surface area contributed by atoms with E-state index in [-0.39, 0.29) is 57.0 Å². The zero-order chi connectivity index (χ0) is 0. The van der Waals surface area contributed by atoms with Gasteiger partial charge < -0.3 is 16.4 Å². The molecule has 0 aliphatic carbocycles. The van der Waals surface area contributed by atoms with Gasteiger partial charge in [-0.05, 0) is 0 Å². The first-order valence-electron chi connectivity index (χ1n) is 0. The third-order valence-electron chi connectivity index (χ3n) is 0. The molecule has 0 heterocycles. The maximum Gasteiger partial charge on any atom is 4.00 e. The quantitative estimate of drug-likeness (QED) is 0.294. The minimum atomic E-state index is 0. The first-order chi connectivity index (χ1) is 0. The molecule has 0 bridgehead atoms. The molecule has 0 aromatic carbocycles. The first-order valence-corrected chi connectivity index (χ1v) is 0. The predicted octanol–water partition coefficient (Wildman–Crippen LogP) is -3.41. The summed E-state index contributed by atoms with van der Waals surface area (Å²) in [5.74, 6) is 0. The van der Waals surface area contributed by atoms with Crippen LogP contribution in [0.5, 0.6) is 0 Å². The molecule has 5 heavy (non-hydrogen) atoms. The molecule has 0 aliphatic rings. The van der Waals surface area contributed by atoms with Crippen molar-refractivity contribution in [1.82, 2.24) is 0 Å². The first kappa shape index (κ1) is 118. The summed E-state index contributed by atoms with van der Waals surface area (Å²) in [5.41, 5.74) is 0. The van der Waals surface area contributed by atoms with E-state index in [1.165, 1.54) is 0 Å². The van der Waals surface area contributed by atoms with Crippen LogP contribution < -0.4 is 18.9 Å². The SMILES string of the molecule is [Li+].[O-2].[O-2].[OH-].[Ti+4]. The summed E-state index contributed by atoms with van der Waals surface area (Å²) in [5, 5.41) is 0. The molecule has 24 valence electrons. The van der Waals surface area contributed by atoms with Crippen molar-refractivity contribution in [3.05, 3.63) is 0 Å². The largest absolute Gasteiger partial charge is 4.00 e. The van der Waals surface area contributed by atoms with Crippen molar-refractivity contribution in [1.29, 1.82) is 0 Å². The van der Waals surface area contributed by atoms with E-state index in [1.807, 2.05) is 0 Å². The van der Waals surface area contributed by atoms with Gasteiger partial charge in [0.1, 0.15) is 0 Å². The van der Waals surface area contributed by atoms with Gasteiger partial charge in [0.2, 0.25) is 0 Å². The molecule has 0 radical (unpaired) electrons. The van der Waals surface area contributed by atoms with Crippen LogP contribution in [-0.4, -0.2) is 5.48 Å². The number of rotatable bonds is 0. The van der Waals surface area contributed by atoms with E-state index in [2.05, 4.69) is 0 Å². The Kier molecular flexibility index (Phi) is 1510.